The highest BCUT2D eigenvalue weighted by Crippen LogP contribution is 2.32. The van der Waals surface area contributed by atoms with Gasteiger partial charge in [0.1, 0.15) is 0 Å². The van der Waals surface area contributed by atoms with Gasteiger partial charge in [0.2, 0.25) is 0 Å². The summed E-state index contributed by atoms with van der Waals surface area (Å²) in [5, 5.41) is 0. The standard InChI is InChI=1S/C11H20.C9H18.2C2H6.C2H4/c1-4-11-7-5-6-9(2)10(3)8-11;1-7-4-8(2)6-9(3)5-7;3*1-2/h4,9-11H,1,5-8H2,2-3H3;7-9H,4-6H2,1-3H3;2*1-2H3;1-2H2. The summed E-state index contributed by atoms with van der Waals surface area (Å²) >= 11 is 0. The molecular formula is C26H54. The van der Waals surface area contributed by atoms with E-state index in [-0.39, 0.29) is 0 Å². The van der Waals surface area contributed by atoms with Crippen LogP contribution < -0.4 is 0 Å². The lowest BCUT2D eigenvalue weighted by Crippen LogP contribution is -2.16. The highest BCUT2D eigenvalue weighted by atomic mass is 14.3. The van der Waals surface area contributed by atoms with Gasteiger partial charge in [-0.15, -0.1) is 19.7 Å². The zero-order chi connectivity index (χ0) is 21.1. The Morgan fingerprint density at radius 3 is 1.35 bits per heavy atom. The first kappa shape index (κ1) is 30.2. The van der Waals surface area contributed by atoms with E-state index >= 15 is 0 Å². The van der Waals surface area contributed by atoms with Crippen molar-refractivity contribution in [1.29, 1.82) is 0 Å². The molecule has 0 saturated heterocycles. The Labute approximate surface area is 168 Å². The molecule has 0 bridgehead atoms. The molecule has 3 atom stereocenters. The van der Waals surface area contributed by atoms with E-state index in [0.717, 1.165) is 35.5 Å². The van der Waals surface area contributed by atoms with Crippen molar-refractivity contribution >= 4 is 0 Å². The Morgan fingerprint density at radius 1 is 0.615 bits per heavy atom. The van der Waals surface area contributed by atoms with E-state index in [1.807, 2.05) is 27.7 Å². The molecule has 0 amide bonds. The summed E-state index contributed by atoms with van der Waals surface area (Å²) in [6.45, 7) is 29.8. The van der Waals surface area contributed by atoms with Crippen LogP contribution in [0, 0.1) is 35.5 Å². The summed E-state index contributed by atoms with van der Waals surface area (Å²) in [5.74, 6) is 5.60. The second-order valence-electron chi connectivity index (χ2n) is 8.14. The Bertz CT molecular complexity index is 255. The third-order valence-corrected chi connectivity index (χ3v) is 5.63. The normalized spacial score (nSPS) is 33.0. The predicted octanol–water partition coefficient (Wildman–Crippen LogP) is 9.57. The molecule has 0 N–H and O–H groups in total. The summed E-state index contributed by atoms with van der Waals surface area (Å²) in [6.07, 6.45) is 12.1. The van der Waals surface area contributed by atoms with E-state index in [1.54, 1.807) is 0 Å². The molecule has 0 heteroatoms. The van der Waals surface area contributed by atoms with E-state index in [9.17, 15) is 0 Å². The second kappa shape index (κ2) is 20.8. The quantitative estimate of drug-likeness (QED) is 0.320. The lowest BCUT2D eigenvalue weighted by molar-refractivity contribution is 0.233. The molecule has 2 fully saturated rings. The van der Waals surface area contributed by atoms with Crippen LogP contribution in [0.25, 0.3) is 0 Å². The first-order chi connectivity index (χ1) is 12.4. The lowest BCUT2D eigenvalue weighted by Gasteiger charge is -2.28. The molecule has 0 heterocycles. The molecule has 0 aromatic rings. The summed E-state index contributed by atoms with van der Waals surface area (Å²) in [7, 11) is 0. The van der Waals surface area contributed by atoms with Crippen LogP contribution in [0.2, 0.25) is 0 Å². The monoisotopic (exact) mass is 366 g/mol. The molecule has 3 unspecified atom stereocenters. The Kier molecular flexibility index (Phi) is 24.2. The minimum absolute atomic E-state index is 0.801. The molecule has 26 heavy (non-hydrogen) atoms. The second-order valence-corrected chi connectivity index (χ2v) is 8.14. The SMILES string of the molecule is C=C.C=CC1CCCC(C)C(C)C1.CC.CC.CC1CC(C)CC(C)C1. The van der Waals surface area contributed by atoms with Crippen LogP contribution in [0.5, 0.6) is 0 Å². The van der Waals surface area contributed by atoms with Gasteiger partial charge >= 0.3 is 0 Å². The van der Waals surface area contributed by atoms with E-state index < -0.39 is 0 Å². The minimum atomic E-state index is 0.801. The van der Waals surface area contributed by atoms with Crippen molar-refractivity contribution in [3.63, 3.8) is 0 Å². The zero-order valence-electron chi connectivity index (χ0n) is 20.1. The molecule has 2 rings (SSSR count). The molecule has 2 saturated carbocycles. The summed E-state index contributed by atoms with van der Waals surface area (Å²) < 4.78 is 0. The molecule has 0 radical (unpaired) electrons. The van der Waals surface area contributed by atoms with Crippen molar-refractivity contribution in [3.8, 4) is 0 Å². The maximum absolute atomic E-state index is 3.89. The average Bonchev–Trinajstić information content (AvgIpc) is 2.80. The van der Waals surface area contributed by atoms with Gasteiger partial charge in [-0.05, 0) is 67.6 Å². The molecule has 0 aromatic carbocycles. The van der Waals surface area contributed by atoms with Gasteiger partial charge < -0.3 is 0 Å². The zero-order valence-corrected chi connectivity index (χ0v) is 20.1. The minimum Gasteiger partial charge on any atom is -0.106 e. The van der Waals surface area contributed by atoms with Crippen molar-refractivity contribution in [2.75, 3.05) is 0 Å². The van der Waals surface area contributed by atoms with Crippen LogP contribution >= 0.6 is 0 Å². The number of hydrogen-bond acceptors (Lipinski definition) is 0. The van der Waals surface area contributed by atoms with Gasteiger partial charge in [-0.25, -0.2) is 0 Å². The average molecular weight is 367 g/mol. The van der Waals surface area contributed by atoms with Crippen LogP contribution in [-0.4, -0.2) is 0 Å². The highest BCUT2D eigenvalue weighted by molar-refractivity contribution is 4.83. The van der Waals surface area contributed by atoms with E-state index in [2.05, 4.69) is 60.4 Å². The van der Waals surface area contributed by atoms with Crippen LogP contribution in [-0.2, 0) is 0 Å². The van der Waals surface area contributed by atoms with Gasteiger partial charge in [0.25, 0.3) is 0 Å². The van der Waals surface area contributed by atoms with E-state index in [1.165, 1.54) is 44.9 Å². The molecule has 158 valence electrons. The molecule has 2 aliphatic carbocycles. The van der Waals surface area contributed by atoms with Crippen LogP contribution in [0.4, 0.5) is 0 Å². The summed E-state index contributed by atoms with van der Waals surface area (Å²) in [4.78, 5) is 0. The molecule has 0 aliphatic heterocycles. The first-order valence-corrected chi connectivity index (χ1v) is 11.5. The topological polar surface area (TPSA) is 0 Å². The van der Waals surface area contributed by atoms with Gasteiger partial charge in [-0.1, -0.05) is 81.2 Å². The first-order valence-electron chi connectivity index (χ1n) is 11.5. The predicted molar refractivity (Wildman–Crippen MR) is 126 cm³/mol. The molecule has 0 nitrogen and oxygen atoms in total. The van der Waals surface area contributed by atoms with Crippen LogP contribution in [0.1, 0.15) is 107 Å². The molecular weight excluding hydrogens is 312 g/mol. The van der Waals surface area contributed by atoms with Gasteiger partial charge in [0.05, 0.1) is 0 Å². The molecule has 0 spiro atoms. The van der Waals surface area contributed by atoms with Gasteiger partial charge in [-0.2, -0.15) is 0 Å². The summed E-state index contributed by atoms with van der Waals surface area (Å²) in [6, 6.07) is 0. The fraction of sp³-hybridized carbons (Fsp3) is 0.846. The fourth-order valence-corrected chi connectivity index (χ4v) is 4.38. The van der Waals surface area contributed by atoms with Crippen molar-refractivity contribution in [1.82, 2.24) is 0 Å². The van der Waals surface area contributed by atoms with Gasteiger partial charge in [0, 0.05) is 0 Å². The maximum atomic E-state index is 3.89. The summed E-state index contributed by atoms with van der Waals surface area (Å²) in [5.41, 5.74) is 0. The largest absolute Gasteiger partial charge is 0.106 e. The van der Waals surface area contributed by atoms with Crippen molar-refractivity contribution < 1.29 is 0 Å². The number of rotatable bonds is 1. The van der Waals surface area contributed by atoms with E-state index in [4.69, 9.17) is 0 Å². The van der Waals surface area contributed by atoms with Crippen molar-refractivity contribution in [3.05, 3.63) is 25.8 Å². The van der Waals surface area contributed by atoms with Crippen molar-refractivity contribution in [2.24, 2.45) is 35.5 Å². The Balaban J connectivity index is -0.000000319. The fourth-order valence-electron chi connectivity index (χ4n) is 4.38. The number of allylic oxidation sites excluding steroid dienone is 1. The maximum Gasteiger partial charge on any atom is -0.0234 e. The Morgan fingerprint density at radius 2 is 1.00 bits per heavy atom. The highest BCUT2D eigenvalue weighted by Gasteiger charge is 2.20. The van der Waals surface area contributed by atoms with Crippen LogP contribution in [0.3, 0.4) is 0 Å². The lowest BCUT2D eigenvalue weighted by atomic mass is 9.78. The smallest absolute Gasteiger partial charge is 0.0234 e. The third-order valence-electron chi connectivity index (χ3n) is 5.63. The Hall–Kier alpha value is -0.520. The van der Waals surface area contributed by atoms with Crippen LogP contribution in [0.15, 0.2) is 25.8 Å². The third kappa shape index (κ3) is 15.7. The molecule has 0 aromatic heterocycles. The van der Waals surface area contributed by atoms with E-state index in [0.29, 0.717) is 0 Å². The van der Waals surface area contributed by atoms with Crippen molar-refractivity contribution in [2.45, 2.75) is 107 Å². The number of hydrogen-bond donors (Lipinski definition) is 0. The molecule has 2 aliphatic rings. The van der Waals surface area contributed by atoms with Gasteiger partial charge in [0.15, 0.2) is 0 Å². The van der Waals surface area contributed by atoms with Gasteiger partial charge in [-0.3, -0.25) is 0 Å².